The minimum Gasteiger partial charge on any atom is -0.507 e. The van der Waals surface area contributed by atoms with Crippen LogP contribution in [-0.2, 0) is 7.05 Å². The van der Waals surface area contributed by atoms with E-state index >= 15 is 0 Å². The summed E-state index contributed by atoms with van der Waals surface area (Å²) in [5.41, 5.74) is 3.05. The van der Waals surface area contributed by atoms with E-state index in [4.69, 9.17) is 4.74 Å². The summed E-state index contributed by atoms with van der Waals surface area (Å²) in [6.45, 7) is 3.40. The molecule has 3 aromatic rings. The molecule has 0 saturated carbocycles. The Hall–Kier alpha value is -3.11. The number of ether oxygens (including phenoxy) is 1. The number of rotatable bonds is 4. The highest BCUT2D eigenvalue weighted by Gasteiger charge is 2.43. The van der Waals surface area contributed by atoms with Gasteiger partial charge in [-0.25, -0.2) is 0 Å². The van der Waals surface area contributed by atoms with Crippen molar-refractivity contribution < 1.29 is 14.9 Å². The van der Waals surface area contributed by atoms with E-state index in [0.29, 0.717) is 36.0 Å². The van der Waals surface area contributed by atoms with Gasteiger partial charge < -0.3 is 24.6 Å². The predicted molar refractivity (Wildman–Crippen MR) is 139 cm³/mol. The minimum absolute atomic E-state index is 0.148. The number of aromatic nitrogens is 4. The minimum atomic E-state index is -0.402. The molecule has 188 valence electrons. The summed E-state index contributed by atoms with van der Waals surface area (Å²) in [6, 6.07) is 8.63. The molecule has 0 spiro atoms. The third-order valence-electron chi connectivity index (χ3n) is 8.00. The average molecular weight is 488 g/mol. The van der Waals surface area contributed by atoms with Crippen molar-refractivity contribution in [2.45, 2.75) is 63.5 Å². The summed E-state index contributed by atoms with van der Waals surface area (Å²) >= 11 is 0. The Balaban J connectivity index is 1.28. The summed E-state index contributed by atoms with van der Waals surface area (Å²) in [5, 5.41) is 34.6. The summed E-state index contributed by atoms with van der Waals surface area (Å²) in [7, 11) is 1.47. The number of hydrogen-bond acceptors (Lipinski definition) is 8. The maximum atomic E-state index is 10.8. The van der Waals surface area contributed by atoms with Crippen LogP contribution >= 0.6 is 0 Å². The fraction of sp³-hybridized carbons (Fsp3) is 0.500. The molecule has 2 saturated heterocycles. The van der Waals surface area contributed by atoms with Crippen molar-refractivity contribution in [3.05, 3.63) is 36.7 Å². The molecular formula is C26H33BN6O3. The zero-order valence-electron chi connectivity index (χ0n) is 20.9. The molecule has 3 aliphatic heterocycles. The topological polar surface area (TPSA) is 99.8 Å². The zero-order chi connectivity index (χ0) is 24.8. The van der Waals surface area contributed by atoms with Crippen molar-refractivity contribution in [1.82, 2.24) is 24.8 Å². The van der Waals surface area contributed by atoms with Crippen molar-refractivity contribution in [2.24, 2.45) is 7.05 Å². The second-order valence-electron chi connectivity index (χ2n) is 10.4. The highest BCUT2D eigenvalue weighted by atomic mass is 16.5. The van der Waals surface area contributed by atoms with Gasteiger partial charge in [0.25, 0.3) is 0 Å². The van der Waals surface area contributed by atoms with Gasteiger partial charge in [0.1, 0.15) is 11.4 Å². The fourth-order valence-corrected chi connectivity index (χ4v) is 6.43. The van der Waals surface area contributed by atoms with Gasteiger partial charge in [-0.1, -0.05) is 12.5 Å². The lowest BCUT2D eigenvalue weighted by atomic mass is 9.70. The first-order chi connectivity index (χ1) is 17.5. The van der Waals surface area contributed by atoms with E-state index in [0.717, 1.165) is 61.3 Å². The molecule has 3 atom stereocenters. The molecule has 2 fully saturated rings. The van der Waals surface area contributed by atoms with Gasteiger partial charge in [0, 0.05) is 55.1 Å². The number of benzene rings is 1. The lowest BCUT2D eigenvalue weighted by Gasteiger charge is -2.52. The van der Waals surface area contributed by atoms with Gasteiger partial charge in [-0.2, -0.15) is 5.10 Å². The first kappa shape index (κ1) is 23.3. The second kappa shape index (κ2) is 9.40. The van der Waals surface area contributed by atoms with Gasteiger partial charge in [-0.15, -0.1) is 10.2 Å². The summed E-state index contributed by atoms with van der Waals surface area (Å²) in [5.74, 6) is 1.65. The number of hydrogen-bond donors (Lipinski definition) is 2. The number of phenols is 1. The molecular weight excluding hydrogens is 455 g/mol. The first-order valence-corrected chi connectivity index (χ1v) is 13.0. The standard InChI is InChI=1S/C26H33BN6O3/c1-27(35)33-19-5-3-6-20(33)13-21(12-19)32-9-4-10-36-25-14-23(29-30-26(25)32)22-8-7-17(11-24(22)34)18-15-28-31(2)16-18/h7-8,11,14-16,19-21,34-35H,3-6,9-10,12-13H2,1-2H3/t19-,20+,21?. The van der Waals surface area contributed by atoms with Crippen LogP contribution in [0, 0.1) is 0 Å². The second-order valence-corrected chi connectivity index (χ2v) is 10.4. The van der Waals surface area contributed by atoms with E-state index < -0.39 is 7.05 Å². The third-order valence-corrected chi connectivity index (χ3v) is 8.00. The Morgan fingerprint density at radius 3 is 2.53 bits per heavy atom. The Morgan fingerprint density at radius 1 is 1.03 bits per heavy atom. The van der Waals surface area contributed by atoms with Gasteiger partial charge >= 0.3 is 7.05 Å². The summed E-state index contributed by atoms with van der Waals surface area (Å²) < 4.78 is 7.87. The largest absolute Gasteiger partial charge is 0.507 e. The van der Waals surface area contributed by atoms with Gasteiger partial charge in [0.15, 0.2) is 11.6 Å². The molecule has 0 aliphatic carbocycles. The van der Waals surface area contributed by atoms with E-state index in [1.165, 1.54) is 6.42 Å². The van der Waals surface area contributed by atoms with Crippen molar-refractivity contribution >= 4 is 12.9 Å². The fourth-order valence-electron chi connectivity index (χ4n) is 6.43. The van der Waals surface area contributed by atoms with Crippen molar-refractivity contribution in [2.75, 3.05) is 18.1 Å². The normalized spacial score (nSPS) is 24.1. The van der Waals surface area contributed by atoms with Crippen molar-refractivity contribution in [3.8, 4) is 33.9 Å². The maximum absolute atomic E-state index is 10.8. The number of aromatic hydroxyl groups is 1. The molecule has 10 heteroatoms. The molecule has 0 amide bonds. The van der Waals surface area contributed by atoms with E-state index in [9.17, 15) is 10.1 Å². The third kappa shape index (κ3) is 4.22. The highest BCUT2D eigenvalue weighted by Crippen LogP contribution is 2.41. The van der Waals surface area contributed by atoms with E-state index in [1.54, 1.807) is 16.9 Å². The van der Waals surface area contributed by atoms with Crippen molar-refractivity contribution in [1.29, 1.82) is 0 Å². The monoisotopic (exact) mass is 488 g/mol. The molecule has 2 N–H and O–H groups in total. The molecule has 6 rings (SSSR count). The van der Waals surface area contributed by atoms with Crippen LogP contribution in [0.3, 0.4) is 0 Å². The molecule has 5 heterocycles. The van der Waals surface area contributed by atoms with Gasteiger partial charge in [-0.3, -0.25) is 4.68 Å². The van der Waals surface area contributed by atoms with Crippen LogP contribution in [0.5, 0.6) is 11.5 Å². The SMILES string of the molecule is CB(O)N1[C@@H]2CCC[C@H]1CC(N1CCCOc3cc(-c4ccc(-c5cnn(C)c5)cc4O)nnc31)C2. The van der Waals surface area contributed by atoms with E-state index in [2.05, 4.69) is 25.0 Å². The molecule has 2 aromatic heterocycles. The smallest absolute Gasteiger partial charge is 0.376 e. The number of fused-ring (bicyclic) bond motifs is 3. The van der Waals surface area contributed by atoms with Gasteiger partial charge in [0.2, 0.25) is 0 Å². The summed E-state index contributed by atoms with van der Waals surface area (Å²) in [6.07, 6.45) is 10.1. The van der Waals surface area contributed by atoms with Crippen LogP contribution in [0.1, 0.15) is 38.5 Å². The quantitative estimate of drug-likeness (QED) is 0.540. The average Bonchev–Trinajstić information content (AvgIpc) is 3.18. The van der Waals surface area contributed by atoms with Crippen LogP contribution in [0.4, 0.5) is 5.82 Å². The van der Waals surface area contributed by atoms with Crippen LogP contribution in [0.2, 0.25) is 6.82 Å². The Morgan fingerprint density at radius 2 is 1.83 bits per heavy atom. The first-order valence-electron chi connectivity index (χ1n) is 13.0. The molecule has 3 aliphatic rings. The lowest BCUT2D eigenvalue weighted by molar-refractivity contribution is 0.0895. The number of nitrogens with zero attached hydrogens (tertiary/aromatic N) is 6. The summed E-state index contributed by atoms with van der Waals surface area (Å²) in [4.78, 5) is 4.71. The van der Waals surface area contributed by atoms with E-state index in [-0.39, 0.29) is 5.75 Å². The number of aryl methyl sites for hydroxylation is 1. The Kier molecular flexibility index (Phi) is 6.09. The van der Waals surface area contributed by atoms with Gasteiger partial charge in [0.05, 0.1) is 12.8 Å². The number of phenolic OH excluding ortho intramolecular Hbond substituents is 1. The van der Waals surface area contributed by atoms with Crippen LogP contribution < -0.4 is 9.64 Å². The van der Waals surface area contributed by atoms with E-state index in [1.807, 2.05) is 38.3 Å². The molecule has 0 radical (unpaired) electrons. The van der Waals surface area contributed by atoms with Crippen LogP contribution in [0.15, 0.2) is 36.7 Å². The van der Waals surface area contributed by atoms with Gasteiger partial charge in [-0.05, 0) is 56.6 Å². The maximum Gasteiger partial charge on any atom is 0.376 e. The Bertz CT molecular complexity index is 1240. The van der Waals surface area contributed by atoms with Crippen LogP contribution in [0.25, 0.3) is 22.4 Å². The molecule has 36 heavy (non-hydrogen) atoms. The molecule has 1 aromatic carbocycles. The van der Waals surface area contributed by atoms with Crippen LogP contribution in [-0.4, -0.2) is 73.2 Å². The molecule has 1 unspecified atom stereocenters. The predicted octanol–water partition coefficient (Wildman–Crippen LogP) is 3.33. The number of piperidine rings is 2. The molecule has 2 bridgehead atoms. The molecule has 9 nitrogen and oxygen atoms in total. The lowest BCUT2D eigenvalue weighted by Crippen LogP contribution is -2.61. The number of anilines is 1. The van der Waals surface area contributed by atoms with Crippen molar-refractivity contribution in [3.63, 3.8) is 0 Å². The Labute approximate surface area is 211 Å². The highest BCUT2D eigenvalue weighted by molar-refractivity contribution is 6.45. The zero-order valence-corrected chi connectivity index (χ0v) is 20.9.